The number of carboxylic acid groups (broad SMARTS) is 1. The normalized spacial score (nSPS) is 10.1. The number of nitrogens with one attached hydrogen (secondary N) is 1. The Morgan fingerprint density at radius 3 is 2.22 bits per heavy atom. The first-order chi connectivity index (χ1) is 11.1. The second-order valence-corrected chi connectivity index (χ2v) is 4.96. The molecular weight excluding hydrogens is 294 g/mol. The van der Waals surface area contributed by atoms with E-state index in [4.69, 9.17) is 4.74 Å². The summed E-state index contributed by atoms with van der Waals surface area (Å²) >= 11 is 0. The van der Waals surface area contributed by atoms with Crippen LogP contribution in [-0.2, 0) is 9.59 Å². The van der Waals surface area contributed by atoms with Crippen LogP contribution in [-0.4, -0.2) is 25.0 Å². The van der Waals surface area contributed by atoms with Gasteiger partial charge in [0.05, 0.1) is 6.54 Å². The number of carboxylic acids is 1. The summed E-state index contributed by atoms with van der Waals surface area (Å²) in [5.41, 5.74) is 2.24. The zero-order valence-electron chi connectivity index (χ0n) is 12.7. The molecule has 1 N–H and O–H groups in total. The first-order valence-electron chi connectivity index (χ1n) is 7.40. The fourth-order valence-corrected chi connectivity index (χ4v) is 2.04. The molecule has 0 aliphatic carbocycles. The van der Waals surface area contributed by atoms with Crippen LogP contribution in [0.3, 0.4) is 0 Å². The summed E-state index contributed by atoms with van der Waals surface area (Å²) < 4.78 is 5.53. The maximum Gasteiger partial charge on any atom is 0.220 e. The van der Waals surface area contributed by atoms with Crippen LogP contribution in [0.1, 0.15) is 12.8 Å². The van der Waals surface area contributed by atoms with E-state index >= 15 is 0 Å². The molecule has 0 saturated carbocycles. The molecule has 0 atom stereocenters. The molecule has 2 rings (SSSR count). The number of ether oxygens (including phenoxy) is 1. The van der Waals surface area contributed by atoms with E-state index in [-0.39, 0.29) is 18.7 Å². The molecule has 0 fully saturated rings. The summed E-state index contributed by atoms with van der Waals surface area (Å²) in [6.45, 7) is 0.647. The highest BCUT2D eigenvalue weighted by Gasteiger charge is 2.01. The Balaban J connectivity index is 1.72. The molecule has 0 aliphatic rings. The van der Waals surface area contributed by atoms with E-state index in [1.54, 1.807) is 0 Å². The van der Waals surface area contributed by atoms with Gasteiger partial charge in [-0.15, -0.1) is 0 Å². The smallest absolute Gasteiger partial charge is 0.220 e. The van der Waals surface area contributed by atoms with Crippen LogP contribution in [0.15, 0.2) is 54.6 Å². The van der Waals surface area contributed by atoms with Crippen molar-refractivity contribution >= 4 is 11.9 Å². The molecule has 0 unspecified atom stereocenters. The minimum absolute atomic E-state index is 0.0753. The van der Waals surface area contributed by atoms with Crippen LogP contribution in [0.2, 0.25) is 0 Å². The molecule has 23 heavy (non-hydrogen) atoms. The van der Waals surface area contributed by atoms with E-state index in [0.29, 0.717) is 18.9 Å². The van der Waals surface area contributed by atoms with Crippen molar-refractivity contribution in [2.24, 2.45) is 0 Å². The Labute approximate surface area is 134 Å². The van der Waals surface area contributed by atoms with Crippen LogP contribution >= 0.6 is 0 Å². The molecule has 0 aliphatic heterocycles. The number of rotatable bonds is 8. The van der Waals surface area contributed by atoms with Crippen molar-refractivity contribution < 1.29 is 19.4 Å². The molecule has 0 aromatic heterocycles. The molecule has 5 heteroatoms. The summed E-state index contributed by atoms with van der Waals surface area (Å²) in [6.07, 6.45) is -0.345. The average molecular weight is 312 g/mol. The Kier molecular flexibility index (Phi) is 6.17. The average Bonchev–Trinajstić information content (AvgIpc) is 2.58. The Bertz CT molecular complexity index is 638. The molecule has 0 heterocycles. The van der Waals surface area contributed by atoms with Gasteiger partial charge < -0.3 is 20.0 Å². The van der Waals surface area contributed by atoms with E-state index in [1.165, 1.54) is 0 Å². The molecule has 0 spiro atoms. The molecule has 0 saturated heterocycles. The molecule has 0 bridgehead atoms. The minimum atomic E-state index is -1.23. The first-order valence-corrected chi connectivity index (χ1v) is 7.40. The topological polar surface area (TPSA) is 78.5 Å². The summed E-state index contributed by atoms with van der Waals surface area (Å²) in [5, 5.41) is 12.8. The van der Waals surface area contributed by atoms with Gasteiger partial charge in [-0.3, -0.25) is 4.79 Å². The lowest BCUT2D eigenvalue weighted by Crippen LogP contribution is -2.30. The van der Waals surface area contributed by atoms with Crippen molar-refractivity contribution in [3.8, 4) is 16.9 Å². The molecule has 0 radical (unpaired) electrons. The van der Waals surface area contributed by atoms with Crippen LogP contribution in [0.5, 0.6) is 5.75 Å². The fraction of sp³-hybridized carbons (Fsp3) is 0.222. The molecule has 2 aromatic carbocycles. The SMILES string of the molecule is O=C([O-])CCC(=O)NCCOc1ccc(-c2ccccc2)cc1. The monoisotopic (exact) mass is 312 g/mol. The van der Waals surface area contributed by atoms with Crippen molar-refractivity contribution in [2.45, 2.75) is 12.8 Å². The lowest BCUT2D eigenvalue weighted by Gasteiger charge is -2.09. The summed E-state index contributed by atoms with van der Waals surface area (Å²) in [5.74, 6) is -0.833. The summed E-state index contributed by atoms with van der Waals surface area (Å²) in [6, 6.07) is 17.7. The lowest BCUT2D eigenvalue weighted by atomic mass is 10.1. The van der Waals surface area contributed by atoms with Gasteiger partial charge in [-0.1, -0.05) is 42.5 Å². The quantitative estimate of drug-likeness (QED) is 0.747. The highest BCUT2D eigenvalue weighted by Crippen LogP contribution is 2.21. The van der Waals surface area contributed by atoms with Crippen molar-refractivity contribution in [2.75, 3.05) is 13.2 Å². The number of hydrogen-bond acceptors (Lipinski definition) is 4. The van der Waals surface area contributed by atoms with Crippen molar-refractivity contribution in [3.05, 3.63) is 54.6 Å². The number of carbonyl (C=O) groups is 2. The third-order valence-electron chi connectivity index (χ3n) is 3.21. The van der Waals surface area contributed by atoms with Gasteiger partial charge in [0, 0.05) is 12.4 Å². The van der Waals surface area contributed by atoms with Gasteiger partial charge >= 0.3 is 0 Å². The van der Waals surface area contributed by atoms with E-state index in [0.717, 1.165) is 11.1 Å². The third kappa shape index (κ3) is 5.82. The predicted molar refractivity (Wildman–Crippen MR) is 84.6 cm³/mol. The molecule has 5 nitrogen and oxygen atoms in total. The van der Waals surface area contributed by atoms with Gasteiger partial charge in [0.15, 0.2) is 0 Å². The predicted octanol–water partition coefficient (Wildman–Crippen LogP) is 1.38. The van der Waals surface area contributed by atoms with Crippen LogP contribution in [0.25, 0.3) is 11.1 Å². The van der Waals surface area contributed by atoms with Gasteiger partial charge in [0.1, 0.15) is 12.4 Å². The van der Waals surface area contributed by atoms with Crippen LogP contribution < -0.4 is 15.2 Å². The van der Waals surface area contributed by atoms with E-state index in [9.17, 15) is 14.7 Å². The number of amides is 1. The molecular formula is C18H18NO4-. The maximum absolute atomic E-state index is 11.3. The van der Waals surface area contributed by atoms with Gasteiger partial charge in [0.25, 0.3) is 0 Å². The van der Waals surface area contributed by atoms with E-state index < -0.39 is 5.97 Å². The summed E-state index contributed by atoms with van der Waals surface area (Å²) in [7, 11) is 0. The van der Waals surface area contributed by atoms with Crippen molar-refractivity contribution in [1.82, 2.24) is 5.32 Å². The minimum Gasteiger partial charge on any atom is -0.550 e. The standard InChI is InChI=1S/C18H19NO4/c20-17(10-11-18(21)22)19-12-13-23-16-8-6-15(7-9-16)14-4-2-1-3-5-14/h1-9H,10-13H2,(H,19,20)(H,21,22)/p-1. The van der Waals surface area contributed by atoms with Gasteiger partial charge in [-0.2, -0.15) is 0 Å². The Hall–Kier alpha value is -2.82. The zero-order valence-corrected chi connectivity index (χ0v) is 12.7. The van der Waals surface area contributed by atoms with Crippen molar-refractivity contribution in [3.63, 3.8) is 0 Å². The Morgan fingerprint density at radius 1 is 0.913 bits per heavy atom. The number of aliphatic carboxylic acids is 1. The number of carbonyl (C=O) groups excluding carboxylic acids is 2. The third-order valence-corrected chi connectivity index (χ3v) is 3.21. The maximum atomic E-state index is 11.3. The van der Waals surface area contributed by atoms with Gasteiger partial charge in [-0.05, 0) is 29.7 Å². The van der Waals surface area contributed by atoms with Crippen LogP contribution in [0, 0.1) is 0 Å². The van der Waals surface area contributed by atoms with Gasteiger partial charge in [0.2, 0.25) is 5.91 Å². The van der Waals surface area contributed by atoms with Crippen molar-refractivity contribution in [1.29, 1.82) is 0 Å². The molecule has 1 amide bonds. The first kappa shape index (κ1) is 16.5. The van der Waals surface area contributed by atoms with E-state index in [2.05, 4.69) is 5.32 Å². The second kappa shape index (κ2) is 8.58. The molecule has 2 aromatic rings. The molecule has 120 valence electrons. The van der Waals surface area contributed by atoms with E-state index in [1.807, 2.05) is 54.6 Å². The fourth-order valence-electron chi connectivity index (χ4n) is 2.04. The highest BCUT2D eigenvalue weighted by molar-refractivity contribution is 5.79. The highest BCUT2D eigenvalue weighted by atomic mass is 16.5. The second-order valence-electron chi connectivity index (χ2n) is 4.96. The Morgan fingerprint density at radius 2 is 1.57 bits per heavy atom. The lowest BCUT2D eigenvalue weighted by molar-refractivity contribution is -0.305. The number of hydrogen-bond donors (Lipinski definition) is 1. The van der Waals surface area contributed by atoms with Crippen LogP contribution in [0.4, 0.5) is 0 Å². The number of benzene rings is 2. The largest absolute Gasteiger partial charge is 0.550 e. The zero-order chi connectivity index (χ0) is 16.5. The van der Waals surface area contributed by atoms with Gasteiger partial charge in [-0.25, -0.2) is 0 Å². The summed E-state index contributed by atoms with van der Waals surface area (Å²) in [4.78, 5) is 21.5.